The standard InChI is InChI=1S/C24H17F7N2O5/c25-20-13(6-5-11-14(20)10-33(22(11)37)16-7-8-19(35)32-21(16)36)17(34)9-15(23(26,27)28)12-3-1-2-4-18(12)38-24(29,30)31/h1-6,15-16H,7-10H2,(H,32,35,36)/t15-,16?/m1/s1. The van der Waals surface area contributed by atoms with Crippen LogP contribution in [-0.4, -0.2) is 47.0 Å². The van der Waals surface area contributed by atoms with Gasteiger partial charge in [0.15, 0.2) is 5.78 Å². The van der Waals surface area contributed by atoms with Crippen molar-refractivity contribution in [1.82, 2.24) is 10.2 Å². The lowest BCUT2D eigenvalue weighted by Crippen LogP contribution is -2.52. The predicted octanol–water partition coefficient (Wildman–Crippen LogP) is 4.40. The minimum absolute atomic E-state index is 0.0233. The van der Waals surface area contributed by atoms with Gasteiger partial charge in [-0.3, -0.25) is 24.5 Å². The zero-order chi connectivity index (χ0) is 28.0. The van der Waals surface area contributed by atoms with Crippen molar-refractivity contribution in [3.8, 4) is 5.75 Å². The summed E-state index contributed by atoms with van der Waals surface area (Å²) in [5.74, 6) is -8.66. The van der Waals surface area contributed by atoms with Crippen LogP contribution in [0.4, 0.5) is 30.7 Å². The average molecular weight is 546 g/mol. The Labute approximate surface area is 209 Å². The van der Waals surface area contributed by atoms with Crippen molar-refractivity contribution < 1.29 is 54.6 Å². The van der Waals surface area contributed by atoms with E-state index >= 15 is 4.39 Å². The van der Waals surface area contributed by atoms with Gasteiger partial charge in [0, 0.05) is 29.5 Å². The Morgan fingerprint density at radius 1 is 1.05 bits per heavy atom. The zero-order valence-electron chi connectivity index (χ0n) is 19.1. The molecule has 2 heterocycles. The highest BCUT2D eigenvalue weighted by Gasteiger charge is 2.46. The molecule has 2 aromatic carbocycles. The minimum atomic E-state index is -5.30. The lowest BCUT2D eigenvalue weighted by atomic mass is 9.89. The number of imide groups is 1. The summed E-state index contributed by atoms with van der Waals surface area (Å²) in [6.45, 7) is -0.474. The summed E-state index contributed by atoms with van der Waals surface area (Å²) in [6.07, 6.45) is -12.0. The van der Waals surface area contributed by atoms with Gasteiger partial charge in [-0.15, -0.1) is 13.2 Å². The molecule has 1 fully saturated rings. The summed E-state index contributed by atoms with van der Waals surface area (Å²) in [4.78, 5) is 50.1. The quantitative estimate of drug-likeness (QED) is 0.330. The van der Waals surface area contributed by atoms with E-state index in [0.29, 0.717) is 6.07 Å². The van der Waals surface area contributed by atoms with Crippen LogP contribution < -0.4 is 10.1 Å². The van der Waals surface area contributed by atoms with Crippen LogP contribution in [0.15, 0.2) is 36.4 Å². The molecular formula is C24H17F7N2O5. The number of benzene rings is 2. The third kappa shape index (κ3) is 5.34. The van der Waals surface area contributed by atoms with Crippen LogP contribution in [0.2, 0.25) is 0 Å². The number of halogens is 7. The number of ether oxygens (including phenoxy) is 1. The van der Waals surface area contributed by atoms with Gasteiger partial charge in [-0.2, -0.15) is 13.2 Å². The third-order valence-electron chi connectivity index (χ3n) is 6.25. The second kappa shape index (κ2) is 9.72. The lowest BCUT2D eigenvalue weighted by Gasteiger charge is -2.29. The zero-order valence-corrected chi connectivity index (χ0v) is 19.1. The number of amides is 3. The number of para-hydroxylation sites is 1. The topological polar surface area (TPSA) is 92.8 Å². The molecule has 2 aliphatic rings. The summed E-state index contributed by atoms with van der Waals surface area (Å²) in [6, 6.07) is 4.19. The van der Waals surface area contributed by atoms with Crippen LogP contribution in [-0.2, 0) is 16.1 Å². The predicted molar refractivity (Wildman–Crippen MR) is 113 cm³/mol. The molecule has 0 aliphatic carbocycles. The monoisotopic (exact) mass is 546 g/mol. The highest BCUT2D eigenvalue weighted by Crippen LogP contribution is 2.43. The summed E-state index contributed by atoms with van der Waals surface area (Å²) < 4.78 is 98.9. The molecule has 1 unspecified atom stereocenters. The fourth-order valence-electron chi connectivity index (χ4n) is 4.50. The molecule has 202 valence electrons. The van der Waals surface area contributed by atoms with Crippen LogP contribution in [0.25, 0.3) is 0 Å². The third-order valence-corrected chi connectivity index (χ3v) is 6.25. The minimum Gasteiger partial charge on any atom is -0.405 e. The van der Waals surface area contributed by atoms with Crippen LogP contribution in [0.1, 0.15) is 57.0 Å². The van der Waals surface area contributed by atoms with E-state index in [9.17, 15) is 45.5 Å². The van der Waals surface area contributed by atoms with Gasteiger partial charge in [0.25, 0.3) is 5.91 Å². The first-order valence-corrected chi connectivity index (χ1v) is 11.1. The van der Waals surface area contributed by atoms with Crippen molar-refractivity contribution in [2.45, 2.75) is 50.3 Å². The van der Waals surface area contributed by atoms with Gasteiger partial charge in [-0.25, -0.2) is 4.39 Å². The normalized spacial score (nSPS) is 18.8. The van der Waals surface area contributed by atoms with Crippen LogP contribution in [0, 0.1) is 5.82 Å². The van der Waals surface area contributed by atoms with Crippen LogP contribution in [0.5, 0.6) is 5.75 Å². The van der Waals surface area contributed by atoms with E-state index in [1.165, 1.54) is 0 Å². The van der Waals surface area contributed by atoms with Gasteiger partial charge >= 0.3 is 12.5 Å². The average Bonchev–Trinajstić information content (AvgIpc) is 3.13. The molecule has 0 spiro atoms. The fourth-order valence-corrected chi connectivity index (χ4v) is 4.50. The number of nitrogens with zero attached hydrogens (tertiary/aromatic N) is 1. The number of hydrogen-bond donors (Lipinski definition) is 1. The number of alkyl halides is 6. The van der Waals surface area contributed by atoms with Gasteiger partial charge in [0.2, 0.25) is 11.8 Å². The maximum Gasteiger partial charge on any atom is 0.573 e. The first-order valence-electron chi connectivity index (χ1n) is 11.1. The molecule has 2 aromatic rings. The number of carbonyl (C=O) groups excluding carboxylic acids is 4. The highest BCUT2D eigenvalue weighted by atomic mass is 19.4. The molecule has 0 saturated carbocycles. The number of hydrogen-bond acceptors (Lipinski definition) is 5. The van der Waals surface area contributed by atoms with Crippen molar-refractivity contribution in [2.75, 3.05) is 0 Å². The van der Waals surface area contributed by atoms with Crippen molar-refractivity contribution in [3.05, 3.63) is 64.5 Å². The maximum atomic E-state index is 15.3. The number of piperidine rings is 1. The molecule has 0 radical (unpaired) electrons. The van der Waals surface area contributed by atoms with E-state index < -0.39 is 83.7 Å². The van der Waals surface area contributed by atoms with Crippen LogP contribution >= 0.6 is 0 Å². The number of nitrogens with one attached hydrogen (secondary N) is 1. The summed E-state index contributed by atoms with van der Waals surface area (Å²) in [7, 11) is 0. The molecule has 4 rings (SSSR count). The van der Waals surface area contributed by atoms with Gasteiger partial charge < -0.3 is 9.64 Å². The molecule has 1 N–H and O–H groups in total. The molecule has 1 saturated heterocycles. The number of ketones is 1. The highest BCUT2D eigenvalue weighted by molar-refractivity contribution is 6.06. The number of carbonyl (C=O) groups is 4. The van der Waals surface area contributed by atoms with Crippen molar-refractivity contribution in [1.29, 1.82) is 0 Å². The van der Waals surface area contributed by atoms with Gasteiger partial charge in [-0.05, 0) is 24.6 Å². The van der Waals surface area contributed by atoms with E-state index in [0.717, 1.165) is 35.2 Å². The molecular weight excluding hydrogens is 529 g/mol. The van der Waals surface area contributed by atoms with Crippen molar-refractivity contribution in [3.63, 3.8) is 0 Å². The molecule has 3 amide bonds. The first-order chi connectivity index (χ1) is 17.7. The molecule has 2 atom stereocenters. The second-order valence-corrected chi connectivity index (χ2v) is 8.66. The van der Waals surface area contributed by atoms with Gasteiger partial charge in [0.05, 0.1) is 18.0 Å². The number of fused-ring (bicyclic) bond motifs is 1. The Balaban J connectivity index is 1.62. The van der Waals surface area contributed by atoms with Crippen molar-refractivity contribution >= 4 is 23.5 Å². The maximum absolute atomic E-state index is 15.3. The molecule has 14 heteroatoms. The molecule has 7 nitrogen and oxygen atoms in total. The van der Waals surface area contributed by atoms with Crippen LogP contribution in [0.3, 0.4) is 0 Å². The molecule has 38 heavy (non-hydrogen) atoms. The summed E-state index contributed by atoms with van der Waals surface area (Å²) in [5.41, 5.74) is -2.30. The molecule has 0 bridgehead atoms. The largest absolute Gasteiger partial charge is 0.573 e. The van der Waals surface area contributed by atoms with Gasteiger partial charge in [-0.1, -0.05) is 18.2 Å². The van der Waals surface area contributed by atoms with E-state index in [1.807, 2.05) is 0 Å². The second-order valence-electron chi connectivity index (χ2n) is 8.66. The Morgan fingerprint density at radius 2 is 1.74 bits per heavy atom. The van der Waals surface area contributed by atoms with E-state index in [4.69, 9.17) is 0 Å². The van der Waals surface area contributed by atoms with E-state index in [1.54, 1.807) is 0 Å². The van der Waals surface area contributed by atoms with E-state index in [2.05, 4.69) is 10.1 Å². The summed E-state index contributed by atoms with van der Waals surface area (Å²) in [5, 5.41) is 2.06. The van der Waals surface area contributed by atoms with Gasteiger partial charge in [0.1, 0.15) is 17.6 Å². The molecule has 2 aliphatic heterocycles. The Hall–Kier alpha value is -3.97. The number of Topliss-reactive ketones (excluding diaryl/α,β-unsaturated/α-hetero) is 1. The Kier molecular flexibility index (Phi) is 6.93. The first kappa shape index (κ1) is 27.1. The Morgan fingerprint density at radius 3 is 2.37 bits per heavy atom. The Bertz CT molecular complexity index is 1320. The fraction of sp³-hybridized carbons (Fsp3) is 0.333. The smallest absolute Gasteiger partial charge is 0.405 e. The number of rotatable bonds is 6. The van der Waals surface area contributed by atoms with E-state index in [-0.39, 0.29) is 24.0 Å². The molecule has 0 aromatic heterocycles. The van der Waals surface area contributed by atoms with Crippen molar-refractivity contribution in [2.24, 2.45) is 0 Å². The summed E-state index contributed by atoms with van der Waals surface area (Å²) >= 11 is 0. The lowest BCUT2D eigenvalue weighted by molar-refractivity contribution is -0.275. The SMILES string of the molecule is O=C1CCC(N2Cc3c(ccc(C(=O)C[C@H](c4ccccc4OC(F)(F)F)C(F)(F)F)c3F)C2=O)C(=O)N1.